The fourth-order valence-corrected chi connectivity index (χ4v) is 5.15. The van der Waals surface area contributed by atoms with Crippen LogP contribution in [0.15, 0.2) is 97.2 Å². The van der Waals surface area contributed by atoms with E-state index >= 15 is 0 Å². The fourth-order valence-electron chi connectivity index (χ4n) is 4.43. The van der Waals surface area contributed by atoms with Gasteiger partial charge in [-0.05, 0) is 106 Å². The molecule has 0 fully saturated rings. The van der Waals surface area contributed by atoms with Gasteiger partial charge in [-0.1, -0.05) is 30.3 Å². The Balaban J connectivity index is 1.64. The van der Waals surface area contributed by atoms with E-state index < -0.39 is 0 Å². The lowest BCUT2D eigenvalue weighted by atomic mass is 9.82. The second kappa shape index (κ2) is 10.3. The largest absolute Gasteiger partial charge is 0.352 e. The smallest absolute Gasteiger partial charge is 0.196 e. The Bertz CT molecular complexity index is 1700. The van der Waals surface area contributed by atoms with Crippen molar-refractivity contribution < 1.29 is 9.59 Å². The quantitative estimate of drug-likeness (QED) is 0.179. The lowest BCUT2D eigenvalue weighted by Crippen LogP contribution is -2.25. The Labute approximate surface area is 246 Å². The molecule has 0 aliphatic heterocycles. The minimum Gasteiger partial charge on any atom is -0.352 e. The van der Waals surface area contributed by atoms with Gasteiger partial charge in [0.05, 0.1) is 22.5 Å². The number of nitrogens with zero attached hydrogens (tertiary/aromatic N) is 2. The molecule has 0 unspecified atom stereocenters. The Morgan fingerprint density at radius 1 is 0.605 bits per heavy atom. The predicted molar refractivity (Wildman–Crippen MR) is 166 cm³/mol. The first-order chi connectivity index (χ1) is 18.5. The highest BCUT2D eigenvalue weighted by Crippen LogP contribution is 2.42. The van der Waals surface area contributed by atoms with Crippen LogP contribution >= 0.6 is 45.2 Å². The summed E-state index contributed by atoms with van der Waals surface area (Å²) in [5.41, 5.74) is 4.12. The predicted octanol–water partition coefficient (Wildman–Crippen LogP) is 7.62. The molecule has 1 aliphatic carbocycles. The molecule has 3 aromatic carbocycles. The van der Waals surface area contributed by atoms with Crippen LogP contribution in [-0.2, 0) is 0 Å². The molecule has 0 saturated heterocycles. The molecule has 2 N–H and O–H groups in total. The molecular weight excluding hydrogens is 702 g/mol. The zero-order valence-electron chi connectivity index (χ0n) is 19.7. The van der Waals surface area contributed by atoms with Crippen LogP contribution in [0.4, 0.5) is 22.9 Å². The van der Waals surface area contributed by atoms with Crippen molar-refractivity contribution in [3.8, 4) is 11.4 Å². The molecule has 2 aromatic heterocycles. The number of anilines is 4. The first-order valence-corrected chi connectivity index (χ1v) is 13.9. The van der Waals surface area contributed by atoms with Crippen LogP contribution in [0.3, 0.4) is 0 Å². The van der Waals surface area contributed by atoms with Gasteiger partial charge in [-0.2, -0.15) is 0 Å². The number of hydrogen-bond acceptors (Lipinski definition) is 6. The van der Waals surface area contributed by atoms with Crippen LogP contribution in [0.1, 0.15) is 31.8 Å². The first-order valence-electron chi connectivity index (χ1n) is 11.7. The van der Waals surface area contributed by atoms with Crippen molar-refractivity contribution in [1.29, 1.82) is 0 Å². The van der Waals surface area contributed by atoms with Gasteiger partial charge in [0.2, 0.25) is 0 Å². The fraction of sp³-hybridized carbons (Fsp3) is 0. The van der Waals surface area contributed by atoms with Crippen LogP contribution in [0.25, 0.3) is 11.4 Å². The molecule has 0 spiro atoms. The molecule has 6 nitrogen and oxygen atoms in total. The van der Waals surface area contributed by atoms with E-state index in [1.165, 1.54) is 0 Å². The molecule has 6 rings (SSSR count). The molecule has 8 heteroatoms. The van der Waals surface area contributed by atoms with Gasteiger partial charge < -0.3 is 10.6 Å². The minimum atomic E-state index is -0.255. The molecule has 0 bridgehead atoms. The summed E-state index contributed by atoms with van der Waals surface area (Å²) in [6.45, 7) is 0. The highest BCUT2D eigenvalue weighted by Gasteiger charge is 2.37. The highest BCUT2D eigenvalue weighted by molar-refractivity contribution is 14.1. The second-order valence-electron chi connectivity index (χ2n) is 8.62. The zero-order chi connectivity index (χ0) is 26.2. The monoisotopic (exact) mass is 720 g/mol. The molecule has 0 atom stereocenters. The minimum absolute atomic E-state index is 0.242. The van der Waals surface area contributed by atoms with Gasteiger partial charge in [0.15, 0.2) is 17.4 Å². The maximum atomic E-state index is 14.1. The van der Waals surface area contributed by atoms with E-state index in [1.54, 1.807) is 42.6 Å². The summed E-state index contributed by atoms with van der Waals surface area (Å²) in [6.07, 6.45) is 1.65. The van der Waals surface area contributed by atoms with Crippen LogP contribution in [0.2, 0.25) is 0 Å². The first kappa shape index (κ1) is 24.7. The third-order valence-corrected chi connectivity index (χ3v) is 7.63. The van der Waals surface area contributed by atoms with Crippen LogP contribution < -0.4 is 10.6 Å². The van der Waals surface area contributed by atoms with Gasteiger partial charge in [0, 0.05) is 35.8 Å². The number of rotatable bonds is 5. The number of benzene rings is 3. The molecule has 0 amide bonds. The van der Waals surface area contributed by atoms with Gasteiger partial charge in [-0.3, -0.25) is 14.6 Å². The summed E-state index contributed by atoms with van der Waals surface area (Å²) >= 11 is 4.50. The number of nitrogens with one attached hydrogen (secondary N) is 2. The zero-order valence-corrected chi connectivity index (χ0v) is 24.0. The standard InChI is InChI=1S/C30H18I2N4O2/c31-17-8-12-19(13-9-17)34-27-25-24(28(37)21-5-1-2-6-22(21)29(25)38)26(23-7-3-4-16-33-23)36-30(27)35-20-14-10-18(32)11-15-20/h1-16,34H,(H,35,36). The van der Waals surface area contributed by atoms with E-state index in [2.05, 4.69) is 60.8 Å². The van der Waals surface area contributed by atoms with Crippen LogP contribution in [0.5, 0.6) is 0 Å². The summed E-state index contributed by atoms with van der Waals surface area (Å²) in [5.74, 6) is -0.0760. The number of hydrogen-bond donors (Lipinski definition) is 2. The Hall–Kier alpha value is -3.64. The van der Waals surface area contributed by atoms with E-state index in [4.69, 9.17) is 4.98 Å². The van der Waals surface area contributed by atoms with E-state index in [0.29, 0.717) is 34.0 Å². The molecular formula is C30H18I2N4O2. The van der Waals surface area contributed by atoms with Crippen molar-refractivity contribution in [2.45, 2.75) is 0 Å². The lowest BCUT2D eigenvalue weighted by Gasteiger charge is -2.25. The van der Waals surface area contributed by atoms with Gasteiger partial charge in [-0.25, -0.2) is 4.98 Å². The van der Waals surface area contributed by atoms with Gasteiger partial charge in [0.25, 0.3) is 0 Å². The summed E-state index contributed by atoms with van der Waals surface area (Å²) < 4.78 is 2.17. The van der Waals surface area contributed by atoms with Crippen molar-refractivity contribution in [2.75, 3.05) is 10.6 Å². The summed E-state index contributed by atoms with van der Waals surface area (Å²) in [4.78, 5) is 37.4. The normalized spacial score (nSPS) is 12.1. The molecule has 2 heterocycles. The van der Waals surface area contributed by atoms with Crippen molar-refractivity contribution in [3.63, 3.8) is 0 Å². The molecule has 5 aromatic rings. The Morgan fingerprint density at radius 3 is 1.74 bits per heavy atom. The summed E-state index contributed by atoms with van der Waals surface area (Å²) in [6, 6.07) is 28.0. The van der Waals surface area contributed by atoms with Crippen molar-refractivity contribution >= 4 is 79.6 Å². The topological polar surface area (TPSA) is 84.0 Å². The number of halogens is 2. The Morgan fingerprint density at radius 2 is 1.16 bits per heavy atom. The molecule has 38 heavy (non-hydrogen) atoms. The van der Waals surface area contributed by atoms with E-state index in [0.717, 1.165) is 18.5 Å². The van der Waals surface area contributed by atoms with E-state index in [-0.39, 0.29) is 22.7 Å². The van der Waals surface area contributed by atoms with Gasteiger partial charge >= 0.3 is 0 Å². The number of ketones is 2. The third kappa shape index (κ3) is 4.58. The number of pyridine rings is 2. The molecule has 1 aliphatic rings. The summed E-state index contributed by atoms with van der Waals surface area (Å²) in [7, 11) is 0. The molecule has 0 saturated carbocycles. The van der Waals surface area contributed by atoms with E-state index in [9.17, 15) is 9.59 Å². The number of carbonyl (C=O) groups is 2. The molecule has 0 radical (unpaired) electrons. The third-order valence-electron chi connectivity index (χ3n) is 6.20. The second-order valence-corrected chi connectivity index (χ2v) is 11.1. The lowest BCUT2D eigenvalue weighted by molar-refractivity contribution is 0.0980. The maximum absolute atomic E-state index is 14.1. The number of carbonyl (C=O) groups excluding carboxylic acids is 2. The summed E-state index contributed by atoms with van der Waals surface area (Å²) in [5, 5.41) is 6.78. The average molecular weight is 720 g/mol. The van der Waals surface area contributed by atoms with E-state index in [1.807, 2.05) is 54.6 Å². The molecule has 184 valence electrons. The van der Waals surface area contributed by atoms with Crippen LogP contribution in [0, 0.1) is 7.14 Å². The van der Waals surface area contributed by atoms with Gasteiger partial charge in [-0.15, -0.1) is 0 Å². The van der Waals surface area contributed by atoms with Crippen LogP contribution in [-0.4, -0.2) is 21.5 Å². The Kier molecular flexibility index (Phi) is 6.66. The maximum Gasteiger partial charge on any atom is 0.196 e. The van der Waals surface area contributed by atoms with Crippen molar-refractivity contribution in [3.05, 3.63) is 127 Å². The average Bonchev–Trinajstić information content (AvgIpc) is 2.95. The SMILES string of the molecule is O=C1c2ccccc2C(=O)c2c(Nc3ccc(I)cc3)c(Nc3ccc(I)cc3)nc(-c3ccccn3)c21. The highest BCUT2D eigenvalue weighted by atomic mass is 127. The van der Waals surface area contributed by atoms with Crippen molar-refractivity contribution in [1.82, 2.24) is 9.97 Å². The van der Waals surface area contributed by atoms with Crippen molar-refractivity contribution in [2.24, 2.45) is 0 Å². The number of fused-ring (bicyclic) bond motifs is 2. The van der Waals surface area contributed by atoms with Gasteiger partial charge in [0.1, 0.15) is 5.69 Å². The number of aromatic nitrogens is 2.